The first-order chi connectivity index (χ1) is 9.99. The van der Waals surface area contributed by atoms with Gasteiger partial charge in [-0.25, -0.2) is 13.1 Å². The van der Waals surface area contributed by atoms with E-state index in [2.05, 4.69) is 21.9 Å². The molecule has 0 unspecified atom stereocenters. The van der Waals surface area contributed by atoms with Crippen molar-refractivity contribution in [3.8, 4) is 11.8 Å². The number of aliphatic hydroxyl groups excluding tert-OH is 1. The van der Waals surface area contributed by atoms with Gasteiger partial charge in [-0.15, -0.1) is 0 Å². The lowest BCUT2D eigenvalue weighted by Crippen LogP contribution is -2.30. The molecule has 21 heavy (non-hydrogen) atoms. The average Bonchev–Trinajstić information content (AvgIpc) is 2.45. The normalized spacial score (nSPS) is 10.6. The molecule has 0 saturated heterocycles. The predicted octanol–water partition coefficient (Wildman–Crippen LogP) is -0.165. The summed E-state index contributed by atoms with van der Waals surface area (Å²) in [5.41, 5.74) is 0.616. The molecule has 0 atom stereocenters. The summed E-state index contributed by atoms with van der Waals surface area (Å²) < 4.78 is 26.3. The van der Waals surface area contributed by atoms with Crippen LogP contribution in [0.25, 0.3) is 0 Å². The van der Waals surface area contributed by atoms with E-state index >= 15 is 0 Å². The fraction of sp³-hybridized carbons (Fsp3) is 0.357. The molecular formula is C14H18N2O4S. The zero-order valence-corrected chi connectivity index (χ0v) is 12.5. The molecular weight excluding hydrogens is 292 g/mol. The van der Waals surface area contributed by atoms with Crippen LogP contribution in [-0.4, -0.2) is 39.1 Å². The van der Waals surface area contributed by atoms with Crippen LogP contribution in [0.2, 0.25) is 0 Å². The van der Waals surface area contributed by atoms with Crippen LogP contribution < -0.4 is 10.0 Å². The second kappa shape index (κ2) is 8.42. The fourth-order valence-electron chi connectivity index (χ4n) is 1.53. The van der Waals surface area contributed by atoms with Gasteiger partial charge in [-0.3, -0.25) is 4.79 Å². The van der Waals surface area contributed by atoms with E-state index in [4.69, 9.17) is 5.11 Å². The summed E-state index contributed by atoms with van der Waals surface area (Å²) in [6, 6.07) is 5.97. The summed E-state index contributed by atoms with van der Waals surface area (Å²) >= 11 is 0. The molecule has 3 N–H and O–H groups in total. The second-order valence-corrected chi connectivity index (χ2v) is 5.85. The molecule has 0 radical (unpaired) electrons. The van der Waals surface area contributed by atoms with Crippen LogP contribution in [0.1, 0.15) is 18.9 Å². The molecule has 0 fully saturated rings. The zero-order valence-electron chi connectivity index (χ0n) is 11.7. The third-order valence-electron chi connectivity index (χ3n) is 2.49. The van der Waals surface area contributed by atoms with E-state index in [9.17, 15) is 13.2 Å². The molecule has 7 heteroatoms. The summed E-state index contributed by atoms with van der Waals surface area (Å²) in [7, 11) is -3.64. The number of benzene rings is 1. The highest BCUT2D eigenvalue weighted by atomic mass is 32.2. The predicted molar refractivity (Wildman–Crippen MR) is 78.9 cm³/mol. The Bertz CT molecular complexity index is 627. The van der Waals surface area contributed by atoms with E-state index in [0.29, 0.717) is 12.1 Å². The van der Waals surface area contributed by atoms with E-state index in [1.54, 1.807) is 19.1 Å². The lowest BCUT2D eigenvalue weighted by atomic mass is 10.2. The highest BCUT2D eigenvalue weighted by molar-refractivity contribution is 7.89. The molecule has 0 saturated carbocycles. The Morgan fingerprint density at radius 1 is 1.29 bits per heavy atom. The summed E-state index contributed by atoms with van der Waals surface area (Å²) in [6.07, 6.45) is 0.0904. The van der Waals surface area contributed by atoms with Crippen molar-refractivity contribution < 1.29 is 18.3 Å². The lowest BCUT2D eigenvalue weighted by Gasteiger charge is -2.07. The topological polar surface area (TPSA) is 95.5 Å². The number of rotatable bonds is 6. The molecule has 0 aliphatic rings. The third kappa shape index (κ3) is 5.95. The maximum atomic E-state index is 12.0. The van der Waals surface area contributed by atoms with Crippen molar-refractivity contribution in [2.24, 2.45) is 0 Å². The van der Waals surface area contributed by atoms with Crippen LogP contribution in [0.15, 0.2) is 29.2 Å². The number of amides is 1. The number of hydrogen-bond acceptors (Lipinski definition) is 4. The van der Waals surface area contributed by atoms with Crippen molar-refractivity contribution in [1.82, 2.24) is 10.0 Å². The van der Waals surface area contributed by atoms with Gasteiger partial charge in [-0.05, 0) is 31.2 Å². The SMILES string of the molecule is CCNC(=O)CCNS(=O)(=O)c1ccc(C#CCO)cc1. The van der Waals surface area contributed by atoms with E-state index < -0.39 is 10.0 Å². The monoisotopic (exact) mass is 310 g/mol. The molecule has 0 aliphatic heterocycles. The standard InChI is InChI=1S/C14H18N2O4S/c1-2-15-14(18)9-10-16-21(19,20)13-7-5-12(6-8-13)4-3-11-17/h5-8,16-17H,2,9-11H2,1H3,(H,15,18). The van der Waals surface area contributed by atoms with Gasteiger partial charge in [0.25, 0.3) is 0 Å². The average molecular weight is 310 g/mol. The number of sulfonamides is 1. The molecule has 1 rings (SSSR count). The van der Waals surface area contributed by atoms with Crippen molar-refractivity contribution in [3.63, 3.8) is 0 Å². The van der Waals surface area contributed by atoms with Crippen LogP contribution in [0.4, 0.5) is 0 Å². The van der Waals surface area contributed by atoms with Crippen LogP contribution >= 0.6 is 0 Å². The molecule has 6 nitrogen and oxygen atoms in total. The minimum absolute atomic E-state index is 0.0419. The van der Waals surface area contributed by atoms with Crippen molar-refractivity contribution in [2.75, 3.05) is 19.7 Å². The fourth-order valence-corrected chi connectivity index (χ4v) is 2.56. The molecule has 114 valence electrons. The van der Waals surface area contributed by atoms with Gasteiger partial charge in [-0.2, -0.15) is 0 Å². The van der Waals surface area contributed by atoms with E-state index in [0.717, 1.165) is 0 Å². The minimum atomic E-state index is -3.64. The Labute approximate surface area is 124 Å². The molecule has 1 aromatic rings. The van der Waals surface area contributed by atoms with Gasteiger partial charge in [-0.1, -0.05) is 11.8 Å². The van der Waals surface area contributed by atoms with Crippen molar-refractivity contribution in [3.05, 3.63) is 29.8 Å². The maximum absolute atomic E-state index is 12.0. The van der Waals surface area contributed by atoms with Gasteiger partial charge in [0.05, 0.1) is 4.90 Å². The van der Waals surface area contributed by atoms with Crippen LogP contribution in [0.5, 0.6) is 0 Å². The second-order valence-electron chi connectivity index (χ2n) is 4.09. The summed E-state index contributed by atoms with van der Waals surface area (Å²) in [6.45, 7) is 2.10. The molecule has 1 amide bonds. The smallest absolute Gasteiger partial charge is 0.240 e. The Morgan fingerprint density at radius 3 is 2.52 bits per heavy atom. The summed E-state index contributed by atoms with van der Waals surface area (Å²) in [5, 5.41) is 11.2. The Hall–Kier alpha value is -1.88. The number of aliphatic hydroxyl groups is 1. The van der Waals surface area contributed by atoms with E-state index in [-0.39, 0.29) is 30.4 Å². The Kier molecular flexibility index (Phi) is 6.88. The van der Waals surface area contributed by atoms with Crippen molar-refractivity contribution >= 4 is 15.9 Å². The van der Waals surface area contributed by atoms with Gasteiger partial charge in [0.1, 0.15) is 6.61 Å². The first kappa shape index (κ1) is 17.2. The van der Waals surface area contributed by atoms with E-state index in [1.165, 1.54) is 12.1 Å². The number of hydrogen-bond donors (Lipinski definition) is 3. The van der Waals surface area contributed by atoms with E-state index in [1.807, 2.05) is 0 Å². The first-order valence-electron chi connectivity index (χ1n) is 6.45. The van der Waals surface area contributed by atoms with Crippen LogP contribution in [0, 0.1) is 11.8 Å². The molecule has 0 bridgehead atoms. The highest BCUT2D eigenvalue weighted by Gasteiger charge is 2.13. The lowest BCUT2D eigenvalue weighted by molar-refractivity contribution is -0.120. The quantitative estimate of drug-likeness (QED) is 0.636. The molecule has 0 aromatic heterocycles. The molecule has 0 spiro atoms. The van der Waals surface area contributed by atoms with Gasteiger partial charge >= 0.3 is 0 Å². The van der Waals surface area contributed by atoms with Crippen molar-refractivity contribution in [2.45, 2.75) is 18.2 Å². The van der Waals surface area contributed by atoms with Gasteiger partial charge < -0.3 is 10.4 Å². The minimum Gasteiger partial charge on any atom is -0.384 e. The number of carbonyl (C=O) groups is 1. The van der Waals surface area contributed by atoms with Gasteiger partial charge in [0.2, 0.25) is 15.9 Å². The van der Waals surface area contributed by atoms with Gasteiger partial charge in [0, 0.05) is 25.1 Å². The molecule has 0 aliphatic carbocycles. The molecule has 0 heterocycles. The van der Waals surface area contributed by atoms with Crippen molar-refractivity contribution in [1.29, 1.82) is 0 Å². The first-order valence-corrected chi connectivity index (χ1v) is 7.94. The molecule has 1 aromatic carbocycles. The third-order valence-corrected chi connectivity index (χ3v) is 3.97. The summed E-state index contributed by atoms with van der Waals surface area (Å²) in [5.74, 6) is 4.96. The van der Waals surface area contributed by atoms with Crippen LogP contribution in [0.3, 0.4) is 0 Å². The van der Waals surface area contributed by atoms with Gasteiger partial charge in [0.15, 0.2) is 0 Å². The zero-order chi connectivity index (χ0) is 15.7. The number of carbonyl (C=O) groups excluding carboxylic acids is 1. The highest BCUT2D eigenvalue weighted by Crippen LogP contribution is 2.09. The Balaban J connectivity index is 2.64. The van der Waals surface area contributed by atoms with Crippen LogP contribution in [-0.2, 0) is 14.8 Å². The number of nitrogens with one attached hydrogen (secondary N) is 2. The Morgan fingerprint density at radius 2 is 1.95 bits per heavy atom. The summed E-state index contributed by atoms with van der Waals surface area (Å²) in [4.78, 5) is 11.3. The maximum Gasteiger partial charge on any atom is 0.240 e. The largest absolute Gasteiger partial charge is 0.384 e.